The van der Waals surface area contributed by atoms with E-state index in [1.54, 1.807) is 17.1 Å². The summed E-state index contributed by atoms with van der Waals surface area (Å²) in [5.74, 6) is -0.173. The fraction of sp³-hybridized carbons (Fsp3) is 0.520. The van der Waals surface area contributed by atoms with Crippen LogP contribution in [0.15, 0.2) is 47.4 Å². The second-order valence-electron chi connectivity index (χ2n) is 9.68. The average molecular weight is 560 g/mol. The fourth-order valence-electron chi connectivity index (χ4n) is 4.51. The molecule has 1 aliphatic carbocycles. The van der Waals surface area contributed by atoms with Gasteiger partial charge in [0.25, 0.3) is 0 Å². The summed E-state index contributed by atoms with van der Waals surface area (Å²) in [4.78, 5) is 16.3. The first-order valence-corrected chi connectivity index (χ1v) is 13.8. The largest absolute Gasteiger partial charge is 0.421 e. The molecule has 0 aromatic heterocycles. The van der Waals surface area contributed by atoms with E-state index >= 15 is 0 Å². The molecule has 12 heteroatoms. The van der Waals surface area contributed by atoms with E-state index in [4.69, 9.17) is 12.2 Å². The lowest BCUT2D eigenvalue weighted by Crippen LogP contribution is -2.59. The minimum atomic E-state index is -4.85. The summed E-state index contributed by atoms with van der Waals surface area (Å²) in [6.45, 7) is 6.50. The van der Waals surface area contributed by atoms with Crippen molar-refractivity contribution in [1.82, 2.24) is 9.21 Å². The lowest BCUT2D eigenvalue weighted by molar-refractivity contribution is -0.258. The number of sulfonamides is 1. The van der Waals surface area contributed by atoms with Gasteiger partial charge in [0, 0.05) is 56.1 Å². The summed E-state index contributed by atoms with van der Waals surface area (Å²) < 4.78 is 68.1. The predicted molar refractivity (Wildman–Crippen MR) is 141 cm³/mol. The lowest BCUT2D eigenvalue weighted by atomic mass is 9.95. The number of allylic oxidation sites excluding steroid dienone is 4. The first kappa shape index (κ1) is 29.3. The van der Waals surface area contributed by atoms with Crippen molar-refractivity contribution in [2.24, 2.45) is 0 Å². The van der Waals surface area contributed by atoms with Gasteiger partial charge in [0.2, 0.25) is 15.9 Å². The van der Waals surface area contributed by atoms with Crippen molar-refractivity contribution >= 4 is 38.7 Å². The van der Waals surface area contributed by atoms with Crippen molar-refractivity contribution in [3.63, 3.8) is 0 Å². The molecule has 0 bridgehead atoms. The van der Waals surface area contributed by atoms with Crippen LogP contribution in [-0.4, -0.2) is 77.9 Å². The molecule has 1 heterocycles. The van der Waals surface area contributed by atoms with Crippen molar-refractivity contribution in [3.05, 3.63) is 53.0 Å². The normalized spacial score (nSPS) is 21.1. The molecule has 1 amide bonds. The van der Waals surface area contributed by atoms with Crippen LogP contribution in [0.4, 0.5) is 18.9 Å². The molecule has 3 rings (SSSR count). The van der Waals surface area contributed by atoms with Crippen molar-refractivity contribution in [2.75, 3.05) is 31.1 Å². The molecule has 0 saturated carbocycles. The summed E-state index contributed by atoms with van der Waals surface area (Å²) in [6, 6.07) is 4.76. The number of anilines is 1. The average Bonchev–Trinajstić information content (AvgIpc) is 2.81. The van der Waals surface area contributed by atoms with Crippen LogP contribution in [0.1, 0.15) is 39.7 Å². The molecule has 1 unspecified atom stereocenters. The SMILES string of the molecule is CC(=O)N(C[C@H]1CN(S(=O)(=O)C2=CC=CCC2=S)CCN1c1ccc(C(C)(O)C(F)(F)F)cc1)C(C)C. The first-order valence-electron chi connectivity index (χ1n) is 11.9. The molecular formula is C25H32F3N3O4S2. The topological polar surface area (TPSA) is 81.2 Å². The van der Waals surface area contributed by atoms with Crippen LogP contribution in [0.5, 0.6) is 0 Å². The Morgan fingerprint density at radius 2 is 1.84 bits per heavy atom. The van der Waals surface area contributed by atoms with Crippen LogP contribution in [0, 0.1) is 0 Å². The van der Waals surface area contributed by atoms with E-state index in [2.05, 4.69) is 0 Å². The Labute approximate surface area is 221 Å². The minimum Gasteiger partial charge on any atom is -0.376 e. The summed E-state index contributed by atoms with van der Waals surface area (Å²) in [5.41, 5.74) is -2.76. The monoisotopic (exact) mass is 559 g/mol. The number of piperazine rings is 1. The van der Waals surface area contributed by atoms with Crippen molar-refractivity contribution < 1.29 is 31.5 Å². The molecule has 1 aromatic carbocycles. The fourth-order valence-corrected chi connectivity index (χ4v) is 6.58. The molecule has 204 valence electrons. The number of alkyl halides is 3. The molecule has 1 aromatic rings. The molecule has 1 fully saturated rings. The highest BCUT2D eigenvalue weighted by atomic mass is 32.2. The molecule has 1 aliphatic heterocycles. The number of benzene rings is 1. The number of hydrogen-bond acceptors (Lipinski definition) is 6. The van der Waals surface area contributed by atoms with Crippen molar-refractivity contribution in [3.8, 4) is 0 Å². The first-order chi connectivity index (χ1) is 17.1. The molecule has 1 saturated heterocycles. The molecule has 37 heavy (non-hydrogen) atoms. The maximum atomic E-state index is 13.4. The standard InChI is InChI=1S/C25H32F3N3O4S2/c1-17(2)31(18(3)32)16-21-15-29(37(34,35)23-8-6-5-7-22(23)36)13-14-30(21)20-11-9-19(10-12-20)24(4,33)25(26,27)28/h5-6,8-12,17,21,33H,7,13-16H2,1-4H3/t21-,24?/m1/s1. The second kappa shape index (κ2) is 10.8. The Hall–Kier alpha value is -2.28. The van der Waals surface area contributed by atoms with Gasteiger partial charge in [0.1, 0.15) is 0 Å². The smallest absolute Gasteiger partial charge is 0.376 e. The van der Waals surface area contributed by atoms with Gasteiger partial charge in [-0.3, -0.25) is 4.79 Å². The van der Waals surface area contributed by atoms with E-state index in [1.807, 2.05) is 18.7 Å². The zero-order valence-corrected chi connectivity index (χ0v) is 22.8. The Balaban J connectivity index is 1.95. The summed E-state index contributed by atoms with van der Waals surface area (Å²) in [5, 5.41) is 10.0. The molecule has 0 spiro atoms. The van der Waals surface area contributed by atoms with Gasteiger partial charge in [-0.25, -0.2) is 8.42 Å². The molecule has 1 N–H and O–H groups in total. The Morgan fingerprint density at radius 3 is 2.35 bits per heavy atom. The molecular weight excluding hydrogens is 527 g/mol. The number of amides is 1. The number of thiocarbonyl (C=S) groups is 1. The predicted octanol–water partition coefficient (Wildman–Crippen LogP) is 3.75. The maximum absolute atomic E-state index is 13.4. The molecule has 2 aliphatic rings. The van der Waals surface area contributed by atoms with Gasteiger partial charge in [-0.2, -0.15) is 17.5 Å². The van der Waals surface area contributed by atoms with Crippen LogP contribution in [0.2, 0.25) is 0 Å². The third kappa shape index (κ3) is 6.08. The highest BCUT2D eigenvalue weighted by Gasteiger charge is 2.51. The van der Waals surface area contributed by atoms with Gasteiger partial charge in [-0.05, 0) is 44.5 Å². The Bertz CT molecular complexity index is 1190. The lowest BCUT2D eigenvalue weighted by Gasteiger charge is -2.44. The number of rotatable bonds is 7. The van der Waals surface area contributed by atoms with Gasteiger partial charge in [-0.1, -0.05) is 36.5 Å². The van der Waals surface area contributed by atoms with Crippen LogP contribution in [0.3, 0.4) is 0 Å². The molecule has 0 radical (unpaired) electrons. The third-order valence-corrected chi connectivity index (χ3v) is 9.24. The zero-order valence-electron chi connectivity index (χ0n) is 21.2. The van der Waals surface area contributed by atoms with Gasteiger partial charge in [0.15, 0.2) is 5.60 Å². The van der Waals surface area contributed by atoms with Crippen LogP contribution >= 0.6 is 12.2 Å². The molecule has 2 atom stereocenters. The number of hydrogen-bond donors (Lipinski definition) is 1. The quantitative estimate of drug-likeness (QED) is 0.513. The summed E-state index contributed by atoms with van der Waals surface area (Å²) >= 11 is 5.29. The van der Waals surface area contributed by atoms with Gasteiger partial charge < -0.3 is 14.9 Å². The maximum Gasteiger partial charge on any atom is 0.421 e. The summed E-state index contributed by atoms with van der Waals surface area (Å²) in [7, 11) is -3.88. The van der Waals surface area contributed by atoms with Gasteiger partial charge >= 0.3 is 6.18 Å². The van der Waals surface area contributed by atoms with E-state index in [1.165, 1.54) is 41.6 Å². The number of carbonyl (C=O) groups is 1. The zero-order chi connectivity index (χ0) is 27.8. The van der Waals surface area contributed by atoms with Crippen molar-refractivity contribution in [2.45, 2.75) is 58.0 Å². The van der Waals surface area contributed by atoms with E-state index in [-0.39, 0.29) is 48.6 Å². The van der Waals surface area contributed by atoms with E-state index in [0.29, 0.717) is 23.9 Å². The van der Waals surface area contributed by atoms with Crippen molar-refractivity contribution in [1.29, 1.82) is 0 Å². The molecule has 7 nitrogen and oxygen atoms in total. The third-order valence-electron chi connectivity index (χ3n) is 6.77. The highest BCUT2D eigenvalue weighted by molar-refractivity contribution is 7.96. The number of nitrogens with zero attached hydrogens (tertiary/aromatic N) is 3. The van der Waals surface area contributed by atoms with Gasteiger partial charge in [-0.15, -0.1) is 0 Å². The Kier molecular flexibility index (Phi) is 8.57. The van der Waals surface area contributed by atoms with Crippen LogP contribution in [-0.2, 0) is 20.4 Å². The van der Waals surface area contributed by atoms with E-state index in [9.17, 15) is 31.5 Å². The van der Waals surface area contributed by atoms with E-state index < -0.39 is 27.8 Å². The number of aliphatic hydroxyl groups is 1. The number of halogens is 3. The number of carbonyl (C=O) groups excluding carboxylic acids is 1. The Morgan fingerprint density at radius 1 is 1.22 bits per heavy atom. The highest BCUT2D eigenvalue weighted by Crippen LogP contribution is 2.39. The summed E-state index contributed by atoms with van der Waals surface area (Å²) in [6.07, 6.45) is 0.451. The van der Waals surface area contributed by atoms with Gasteiger partial charge in [0.05, 0.1) is 10.9 Å². The van der Waals surface area contributed by atoms with Crippen LogP contribution in [0.25, 0.3) is 0 Å². The minimum absolute atomic E-state index is 0.0600. The second-order valence-corrected chi connectivity index (χ2v) is 12.1. The van der Waals surface area contributed by atoms with Crippen LogP contribution < -0.4 is 4.90 Å². The van der Waals surface area contributed by atoms with E-state index in [0.717, 1.165) is 0 Å².